The molecule has 4 aromatic rings. The van der Waals surface area contributed by atoms with Crippen LogP contribution in [0.2, 0.25) is 0 Å². The molecule has 0 atom stereocenters. The van der Waals surface area contributed by atoms with Crippen LogP contribution in [-0.4, -0.2) is 61.8 Å². The predicted octanol–water partition coefficient (Wildman–Crippen LogP) is 3.68. The van der Waals surface area contributed by atoms with Crippen LogP contribution in [0.15, 0.2) is 41.5 Å². The lowest BCUT2D eigenvalue weighted by Gasteiger charge is -2.26. The van der Waals surface area contributed by atoms with E-state index in [1.807, 2.05) is 49.0 Å². The van der Waals surface area contributed by atoms with Crippen molar-refractivity contribution >= 4 is 16.9 Å². The first-order valence-corrected chi connectivity index (χ1v) is 14.1. The molecule has 0 aromatic carbocycles. The smallest absolute Gasteiger partial charge is 0.253 e. The number of nitrogens with one attached hydrogen (secondary N) is 2. The van der Waals surface area contributed by atoms with Crippen LogP contribution >= 0.6 is 0 Å². The molecule has 6 rings (SSSR count). The van der Waals surface area contributed by atoms with Crippen LogP contribution in [-0.2, 0) is 17.8 Å². The van der Waals surface area contributed by atoms with E-state index >= 15 is 0 Å². The number of pyridine rings is 3. The Morgan fingerprint density at radius 1 is 1.12 bits per heavy atom. The third-order valence-electron chi connectivity index (χ3n) is 8.01. The highest BCUT2D eigenvalue weighted by atomic mass is 16.5. The number of amides is 1. The van der Waals surface area contributed by atoms with Gasteiger partial charge in [-0.2, -0.15) is 5.10 Å². The lowest BCUT2D eigenvalue weighted by Crippen LogP contribution is -2.35. The fourth-order valence-electron chi connectivity index (χ4n) is 5.79. The van der Waals surface area contributed by atoms with Crippen LogP contribution < -0.4 is 10.9 Å². The summed E-state index contributed by atoms with van der Waals surface area (Å²) in [6, 6.07) is 8.04. The van der Waals surface area contributed by atoms with Crippen molar-refractivity contribution in [2.24, 2.45) is 0 Å². The zero-order valence-corrected chi connectivity index (χ0v) is 23.1. The standard InChI is InChI=1S/C30H35N7O3/c1-19-13-20(2)34-30(39)25(19)16-32-29(38)24-14-27(35-28-26(24)17-33-37(28)23-5-3-4-6-23)21-7-8-22(31-15-21)18-36-9-11-40-12-10-36/h7-8,13-15,17,23H,3-6,9-12,16,18H2,1-2H3,(H,32,38)(H,34,39). The molecular weight excluding hydrogens is 506 g/mol. The van der Waals surface area contributed by atoms with E-state index in [0.29, 0.717) is 27.9 Å². The topological polar surface area (TPSA) is 118 Å². The number of aromatic amines is 1. The van der Waals surface area contributed by atoms with E-state index in [-0.39, 0.29) is 24.1 Å². The molecule has 10 heteroatoms. The minimum atomic E-state index is -0.268. The average Bonchev–Trinajstić information content (AvgIpc) is 3.63. The molecule has 1 aliphatic heterocycles. The quantitative estimate of drug-likeness (QED) is 0.367. The lowest BCUT2D eigenvalue weighted by molar-refractivity contribution is 0.0336. The molecule has 10 nitrogen and oxygen atoms in total. The Labute approximate surface area is 232 Å². The van der Waals surface area contributed by atoms with Crippen LogP contribution in [0.25, 0.3) is 22.3 Å². The van der Waals surface area contributed by atoms with Crippen LogP contribution in [0.4, 0.5) is 0 Å². The van der Waals surface area contributed by atoms with E-state index in [2.05, 4.69) is 20.3 Å². The van der Waals surface area contributed by atoms with Gasteiger partial charge in [0.1, 0.15) is 0 Å². The molecule has 5 heterocycles. The number of hydrogen-bond acceptors (Lipinski definition) is 7. The molecule has 208 valence electrons. The molecule has 0 unspecified atom stereocenters. The average molecular weight is 542 g/mol. The van der Waals surface area contributed by atoms with E-state index < -0.39 is 0 Å². The Balaban J connectivity index is 1.32. The third-order valence-corrected chi connectivity index (χ3v) is 8.01. The zero-order valence-electron chi connectivity index (χ0n) is 23.1. The third kappa shape index (κ3) is 5.41. The van der Waals surface area contributed by atoms with Gasteiger partial charge in [-0.1, -0.05) is 12.8 Å². The highest BCUT2D eigenvalue weighted by molar-refractivity contribution is 6.06. The minimum absolute atomic E-state index is 0.133. The fraction of sp³-hybridized carbons (Fsp3) is 0.433. The van der Waals surface area contributed by atoms with Crippen molar-refractivity contribution in [1.82, 2.24) is 34.9 Å². The summed E-state index contributed by atoms with van der Waals surface area (Å²) >= 11 is 0. The van der Waals surface area contributed by atoms with Crippen molar-refractivity contribution in [3.63, 3.8) is 0 Å². The van der Waals surface area contributed by atoms with Crippen molar-refractivity contribution in [3.05, 3.63) is 75.1 Å². The van der Waals surface area contributed by atoms with E-state index in [9.17, 15) is 9.59 Å². The molecule has 2 aliphatic rings. The number of carbonyl (C=O) groups excluding carboxylic acids is 1. The number of aryl methyl sites for hydroxylation is 2. The van der Waals surface area contributed by atoms with Crippen LogP contribution in [0, 0.1) is 13.8 Å². The van der Waals surface area contributed by atoms with Gasteiger partial charge in [-0.3, -0.25) is 19.5 Å². The van der Waals surface area contributed by atoms with Gasteiger partial charge in [0, 0.05) is 49.2 Å². The fourth-order valence-corrected chi connectivity index (χ4v) is 5.79. The molecule has 1 saturated carbocycles. The van der Waals surface area contributed by atoms with Gasteiger partial charge in [0.05, 0.1) is 47.8 Å². The van der Waals surface area contributed by atoms with Crippen LogP contribution in [0.5, 0.6) is 0 Å². The Bertz CT molecular complexity index is 1580. The number of morpholine rings is 1. The Kier molecular flexibility index (Phi) is 7.44. The van der Waals surface area contributed by atoms with Crippen molar-refractivity contribution in [1.29, 1.82) is 0 Å². The van der Waals surface area contributed by atoms with Crippen LogP contribution in [0.3, 0.4) is 0 Å². The summed E-state index contributed by atoms with van der Waals surface area (Å²) in [5, 5.41) is 8.35. The zero-order chi connectivity index (χ0) is 27.6. The normalized spacial score (nSPS) is 16.6. The Hall–Kier alpha value is -3.89. The summed E-state index contributed by atoms with van der Waals surface area (Å²) < 4.78 is 7.44. The number of fused-ring (bicyclic) bond motifs is 1. The molecular formula is C30H35N7O3. The molecule has 2 fully saturated rings. The Morgan fingerprint density at radius 2 is 1.93 bits per heavy atom. The maximum absolute atomic E-state index is 13.6. The number of aromatic nitrogens is 5. The van der Waals surface area contributed by atoms with Crippen molar-refractivity contribution in [3.8, 4) is 11.3 Å². The molecule has 0 radical (unpaired) electrons. The van der Waals surface area contributed by atoms with E-state index in [4.69, 9.17) is 14.7 Å². The van der Waals surface area contributed by atoms with Crippen molar-refractivity contribution in [2.75, 3.05) is 26.3 Å². The van der Waals surface area contributed by atoms with Crippen molar-refractivity contribution < 1.29 is 9.53 Å². The summed E-state index contributed by atoms with van der Waals surface area (Å²) in [6.07, 6.45) is 8.01. The van der Waals surface area contributed by atoms with E-state index in [1.54, 1.807) is 6.20 Å². The largest absolute Gasteiger partial charge is 0.379 e. The monoisotopic (exact) mass is 541 g/mol. The first-order valence-electron chi connectivity index (χ1n) is 14.1. The second-order valence-corrected chi connectivity index (χ2v) is 10.9. The molecule has 0 spiro atoms. The Morgan fingerprint density at radius 3 is 2.65 bits per heavy atom. The number of H-pyrrole nitrogens is 1. The number of hydrogen-bond donors (Lipinski definition) is 2. The second kappa shape index (κ2) is 11.3. The predicted molar refractivity (Wildman–Crippen MR) is 152 cm³/mol. The first kappa shape index (κ1) is 26.3. The van der Waals surface area contributed by atoms with E-state index in [0.717, 1.165) is 81.0 Å². The summed E-state index contributed by atoms with van der Waals surface area (Å²) in [4.78, 5) is 41.0. The molecule has 0 bridgehead atoms. The highest BCUT2D eigenvalue weighted by Crippen LogP contribution is 2.33. The van der Waals surface area contributed by atoms with Gasteiger partial charge in [0.2, 0.25) is 0 Å². The first-order chi connectivity index (χ1) is 19.5. The summed E-state index contributed by atoms with van der Waals surface area (Å²) in [5.41, 5.74) is 5.69. The van der Waals surface area contributed by atoms with E-state index in [1.165, 1.54) is 0 Å². The SMILES string of the molecule is Cc1cc(C)c(CNC(=O)c2cc(-c3ccc(CN4CCOCC4)nc3)nc3c2cnn3C2CCCC2)c(=O)[nH]1. The molecule has 1 amide bonds. The molecule has 1 aliphatic carbocycles. The molecule has 4 aromatic heterocycles. The van der Waals surface area contributed by atoms with Crippen molar-refractivity contribution in [2.45, 2.75) is 58.7 Å². The van der Waals surface area contributed by atoms with Gasteiger partial charge >= 0.3 is 0 Å². The summed E-state index contributed by atoms with van der Waals surface area (Å²) in [5.74, 6) is -0.268. The number of carbonyl (C=O) groups is 1. The van der Waals surface area contributed by atoms with Gasteiger partial charge in [0.15, 0.2) is 5.65 Å². The maximum Gasteiger partial charge on any atom is 0.253 e. The summed E-state index contributed by atoms with van der Waals surface area (Å²) in [6.45, 7) is 7.94. The maximum atomic E-state index is 13.6. The molecule has 2 N–H and O–H groups in total. The van der Waals surface area contributed by atoms with Gasteiger partial charge in [-0.25, -0.2) is 9.67 Å². The van der Waals surface area contributed by atoms with Crippen LogP contribution in [0.1, 0.15) is 64.6 Å². The second-order valence-electron chi connectivity index (χ2n) is 10.9. The van der Waals surface area contributed by atoms with Gasteiger partial charge in [0.25, 0.3) is 11.5 Å². The van der Waals surface area contributed by atoms with Gasteiger partial charge in [-0.05, 0) is 56.5 Å². The summed E-state index contributed by atoms with van der Waals surface area (Å²) in [7, 11) is 0. The van der Waals surface area contributed by atoms with Gasteiger partial charge in [-0.15, -0.1) is 0 Å². The molecule has 1 saturated heterocycles. The number of rotatable bonds is 7. The van der Waals surface area contributed by atoms with Gasteiger partial charge < -0.3 is 15.0 Å². The number of nitrogens with zero attached hydrogens (tertiary/aromatic N) is 5. The molecule has 40 heavy (non-hydrogen) atoms. The highest BCUT2D eigenvalue weighted by Gasteiger charge is 2.24. The number of ether oxygens (including phenoxy) is 1. The lowest BCUT2D eigenvalue weighted by atomic mass is 10.1. The minimum Gasteiger partial charge on any atom is -0.379 e.